The second-order valence-electron chi connectivity index (χ2n) is 8.94. The second-order valence-corrected chi connectivity index (χ2v) is 8.94. The van der Waals surface area contributed by atoms with Crippen LogP contribution in [0, 0.1) is 5.92 Å². The molecule has 4 rings (SSSR count). The SMILES string of the molecule is O[C@H](CN1c2cccc(-c3cccc(OC(F)(F)F)c3)c2CC[C@@H]1C1C=C(OC(F)F)C=CC1)C(F)(F)F. The van der Waals surface area contributed by atoms with Crippen LogP contribution in [-0.4, -0.2) is 42.9 Å². The molecule has 4 nitrogen and oxygen atoms in total. The molecule has 0 saturated carbocycles. The van der Waals surface area contributed by atoms with Gasteiger partial charge >= 0.3 is 19.2 Å². The molecule has 1 N–H and O–H groups in total. The quantitative estimate of drug-likeness (QED) is 0.378. The fraction of sp³-hybridized carbons (Fsp3) is 0.385. The van der Waals surface area contributed by atoms with Crippen molar-refractivity contribution in [3.8, 4) is 16.9 Å². The van der Waals surface area contributed by atoms with Gasteiger partial charge in [0.1, 0.15) is 11.5 Å². The van der Waals surface area contributed by atoms with Crippen molar-refractivity contribution in [2.75, 3.05) is 11.4 Å². The minimum atomic E-state index is -4.91. The topological polar surface area (TPSA) is 41.9 Å². The molecule has 0 spiro atoms. The number of hydrogen-bond acceptors (Lipinski definition) is 4. The molecule has 0 radical (unpaired) electrons. The van der Waals surface area contributed by atoms with Crippen LogP contribution in [0.4, 0.5) is 40.8 Å². The highest BCUT2D eigenvalue weighted by molar-refractivity contribution is 5.76. The number of anilines is 1. The van der Waals surface area contributed by atoms with Crippen LogP contribution in [0.15, 0.2) is 66.5 Å². The molecule has 12 heteroatoms. The molecule has 0 fully saturated rings. The summed E-state index contributed by atoms with van der Waals surface area (Å²) in [7, 11) is 0. The van der Waals surface area contributed by atoms with Gasteiger partial charge in [0, 0.05) is 17.6 Å². The monoisotopic (exact) mass is 549 g/mol. The number of halogens is 8. The maximum Gasteiger partial charge on any atom is 0.573 e. The first-order valence-electron chi connectivity index (χ1n) is 11.6. The highest BCUT2D eigenvalue weighted by atomic mass is 19.4. The summed E-state index contributed by atoms with van der Waals surface area (Å²) in [5.74, 6) is -1.04. The first-order valence-corrected chi connectivity index (χ1v) is 11.6. The Morgan fingerprint density at radius 1 is 1.03 bits per heavy atom. The summed E-state index contributed by atoms with van der Waals surface area (Å²) in [6.07, 6.45) is -7.11. The zero-order valence-electron chi connectivity index (χ0n) is 19.6. The van der Waals surface area contributed by atoms with Crippen LogP contribution in [-0.2, 0) is 11.2 Å². The Morgan fingerprint density at radius 2 is 1.76 bits per heavy atom. The van der Waals surface area contributed by atoms with E-state index in [2.05, 4.69) is 9.47 Å². The van der Waals surface area contributed by atoms with E-state index in [0.717, 1.165) is 6.07 Å². The van der Waals surface area contributed by atoms with Gasteiger partial charge in [-0.1, -0.05) is 30.3 Å². The highest BCUT2D eigenvalue weighted by Crippen LogP contribution is 2.42. The van der Waals surface area contributed by atoms with Gasteiger partial charge in [-0.15, -0.1) is 13.2 Å². The van der Waals surface area contributed by atoms with Crippen LogP contribution in [0.5, 0.6) is 5.75 Å². The standard InChI is InChI=1S/C26H23F8NO3/c27-24(28)37-17-6-2-5-16(13-17)21-11-10-20-19(15-4-1-7-18(12-15)38-26(32,33)34)8-3-9-22(20)35(21)14-23(36)25(29,30)31/h1-4,6-9,12-13,16,21,23-24,36H,5,10-11,14H2/t16?,21-,23-/m1/s1. The largest absolute Gasteiger partial charge is 0.573 e. The van der Waals surface area contributed by atoms with Crippen LogP contribution in [0.3, 0.4) is 0 Å². The summed E-state index contributed by atoms with van der Waals surface area (Å²) in [5.41, 5.74) is 1.82. The van der Waals surface area contributed by atoms with Crippen molar-refractivity contribution in [3.05, 3.63) is 72.0 Å². The van der Waals surface area contributed by atoms with E-state index in [1.54, 1.807) is 30.3 Å². The maximum absolute atomic E-state index is 13.4. The predicted octanol–water partition coefficient (Wildman–Crippen LogP) is 7.00. The molecule has 0 saturated heterocycles. The summed E-state index contributed by atoms with van der Waals surface area (Å²) >= 11 is 0. The Bertz CT molecular complexity index is 1190. The van der Waals surface area contributed by atoms with Crippen molar-refractivity contribution < 1.29 is 49.7 Å². The fourth-order valence-corrected chi connectivity index (χ4v) is 4.96. The van der Waals surface area contributed by atoms with Gasteiger partial charge in [0.2, 0.25) is 0 Å². The van der Waals surface area contributed by atoms with Crippen LogP contribution in [0.2, 0.25) is 0 Å². The molecule has 0 bridgehead atoms. The van der Waals surface area contributed by atoms with Gasteiger partial charge in [0.15, 0.2) is 6.10 Å². The van der Waals surface area contributed by atoms with Gasteiger partial charge in [-0.2, -0.15) is 22.0 Å². The van der Waals surface area contributed by atoms with Crippen molar-refractivity contribution >= 4 is 5.69 Å². The first-order chi connectivity index (χ1) is 17.8. The van der Waals surface area contributed by atoms with Crippen molar-refractivity contribution in [2.45, 2.75) is 50.6 Å². The van der Waals surface area contributed by atoms with Crippen molar-refractivity contribution in [3.63, 3.8) is 0 Å². The van der Waals surface area contributed by atoms with E-state index in [-0.39, 0.29) is 5.76 Å². The lowest BCUT2D eigenvalue weighted by Crippen LogP contribution is -2.50. The molecule has 3 atom stereocenters. The molecule has 1 heterocycles. The third-order valence-electron chi connectivity index (χ3n) is 6.47. The number of nitrogens with zero attached hydrogens (tertiary/aromatic N) is 1. The zero-order chi connectivity index (χ0) is 27.7. The Hall–Kier alpha value is -3.28. The minimum Gasteiger partial charge on any atom is -0.435 e. The average Bonchev–Trinajstić information content (AvgIpc) is 2.82. The number of alkyl halides is 8. The number of aliphatic hydroxyl groups excluding tert-OH is 1. The number of benzene rings is 2. The van der Waals surface area contributed by atoms with Crippen molar-refractivity contribution in [1.82, 2.24) is 0 Å². The van der Waals surface area contributed by atoms with E-state index >= 15 is 0 Å². The van der Waals surface area contributed by atoms with Gasteiger partial charge in [0.25, 0.3) is 0 Å². The summed E-state index contributed by atoms with van der Waals surface area (Å²) in [6, 6.07) is 9.42. The van der Waals surface area contributed by atoms with Crippen LogP contribution >= 0.6 is 0 Å². The summed E-state index contributed by atoms with van der Waals surface area (Å²) in [6.45, 7) is -3.89. The van der Waals surface area contributed by atoms with E-state index in [1.807, 2.05) is 0 Å². The Morgan fingerprint density at radius 3 is 2.45 bits per heavy atom. The number of rotatable bonds is 7. The minimum absolute atomic E-state index is 0.103. The lowest BCUT2D eigenvalue weighted by molar-refractivity contribution is -0.274. The van der Waals surface area contributed by atoms with E-state index < -0.39 is 49.5 Å². The van der Waals surface area contributed by atoms with E-state index in [0.29, 0.717) is 41.6 Å². The molecule has 2 aromatic rings. The third-order valence-corrected chi connectivity index (χ3v) is 6.47. The van der Waals surface area contributed by atoms with Crippen molar-refractivity contribution in [1.29, 1.82) is 0 Å². The summed E-state index contributed by atoms with van der Waals surface area (Å²) < 4.78 is 112. The molecule has 1 aliphatic carbocycles. The Kier molecular flexibility index (Phi) is 7.91. The van der Waals surface area contributed by atoms with Gasteiger partial charge in [0.05, 0.1) is 6.54 Å². The predicted molar refractivity (Wildman–Crippen MR) is 122 cm³/mol. The number of allylic oxidation sites excluding steroid dienone is 2. The Balaban J connectivity index is 1.73. The van der Waals surface area contributed by atoms with Crippen LogP contribution in [0.1, 0.15) is 18.4 Å². The molecule has 0 aromatic heterocycles. The second kappa shape index (κ2) is 10.8. The van der Waals surface area contributed by atoms with Gasteiger partial charge < -0.3 is 19.5 Å². The highest BCUT2D eigenvalue weighted by Gasteiger charge is 2.43. The molecule has 206 valence electrons. The number of ether oxygens (including phenoxy) is 2. The van der Waals surface area contributed by atoms with Crippen LogP contribution in [0.25, 0.3) is 11.1 Å². The summed E-state index contributed by atoms with van der Waals surface area (Å²) in [5, 5.41) is 9.94. The van der Waals surface area contributed by atoms with E-state index in [1.165, 1.54) is 29.2 Å². The van der Waals surface area contributed by atoms with Gasteiger partial charge in [-0.3, -0.25) is 0 Å². The molecule has 38 heavy (non-hydrogen) atoms. The molecular weight excluding hydrogens is 526 g/mol. The van der Waals surface area contributed by atoms with Crippen LogP contribution < -0.4 is 9.64 Å². The third kappa shape index (κ3) is 6.58. The maximum atomic E-state index is 13.4. The van der Waals surface area contributed by atoms with E-state index in [9.17, 15) is 40.2 Å². The number of hydrogen-bond donors (Lipinski definition) is 1. The fourth-order valence-electron chi connectivity index (χ4n) is 4.96. The summed E-state index contributed by atoms with van der Waals surface area (Å²) in [4.78, 5) is 1.40. The molecule has 1 unspecified atom stereocenters. The van der Waals surface area contributed by atoms with E-state index in [4.69, 9.17) is 0 Å². The Labute approximate surface area is 212 Å². The average molecular weight is 549 g/mol. The molecule has 2 aromatic carbocycles. The number of β-amino-alcohol motifs (C(OH)–C–C–N with tert-alkyl or cyclic N) is 1. The lowest BCUT2D eigenvalue weighted by Gasteiger charge is -2.44. The first kappa shape index (κ1) is 27.7. The number of aliphatic hydroxyl groups is 1. The van der Waals surface area contributed by atoms with Gasteiger partial charge in [-0.05, 0) is 66.3 Å². The molecule has 0 amide bonds. The molecule has 1 aliphatic heterocycles. The zero-order valence-corrected chi connectivity index (χ0v) is 19.6. The number of fused-ring (bicyclic) bond motifs is 1. The molecule has 2 aliphatic rings. The molecular formula is C26H23F8NO3. The van der Waals surface area contributed by atoms with Crippen molar-refractivity contribution in [2.24, 2.45) is 5.92 Å². The normalized spacial score (nSPS) is 20.7. The smallest absolute Gasteiger partial charge is 0.435 e. The lowest BCUT2D eigenvalue weighted by atomic mass is 9.81. The van der Waals surface area contributed by atoms with Gasteiger partial charge in [-0.25, -0.2) is 0 Å².